The van der Waals surface area contributed by atoms with Crippen molar-refractivity contribution in [2.75, 3.05) is 0 Å². The first-order valence-corrected chi connectivity index (χ1v) is 9.62. The lowest BCUT2D eigenvalue weighted by Gasteiger charge is -2.35. The molecule has 0 N–H and O–H groups in total. The maximum absolute atomic E-state index is 13.2. The topological polar surface area (TPSA) is 76.8 Å². The molecule has 0 aliphatic carbocycles. The number of alkyl halides is 3. The molecule has 2 aliphatic heterocycles. The first-order valence-electron chi connectivity index (χ1n) is 9.24. The van der Waals surface area contributed by atoms with Gasteiger partial charge in [-0.15, -0.1) is 10.2 Å². The minimum absolute atomic E-state index is 0.162. The molecule has 11 heteroatoms. The summed E-state index contributed by atoms with van der Waals surface area (Å²) < 4.78 is 41.6. The van der Waals surface area contributed by atoms with Crippen LogP contribution < -0.4 is 0 Å². The van der Waals surface area contributed by atoms with Crippen LogP contribution in [-0.2, 0) is 12.7 Å². The van der Waals surface area contributed by atoms with E-state index in [1.807, 2.05) is 4.57 Å². The fraction of sp³-hybridized carbons (Fsp3) is 0.316. The third kappa shape index (κ3) is 2.85. The van der Waals surface area contributed by atoms with Crippen molar-refractivity contribution >= 4 is 17.5 Å². The molecule has 4 heterocycles. The van der Waals surface area contributed by atoms with E-state index in [4.69, 9.17) is 11.6 Å². The molecule has 0 saturated carbocycles. The number of carbonyl (C=O) groups is 1. The maximum Gasteiger partial charge on any atom is 0.417 e. The van der Waals surface area contributed by atoms with E-state index in [-0.39, 0.29) is 17.6 Å². The molecule has 1 fully saturated rings. The van der Waals surface area contributed by atoms with Crippen molar-refractivity contribution in [1.82, 2.24) is 29.6 Å². The number of benzene rings is 1. The van der Waals surface area contributed by atoms with Crippen molar-refractivity contribution in [2.45, 2.75) is 37.6 Å². The molecular weight excluding hydrogens is 421 g/mol. The quantitative estimate of drug-likeness (QED) is 0.613. The van der Waals surface area contributed by atoms with Gasteiger partial charge in [-0.1, -0.05) is 17.7 Å². The summed E-state index contributed by atoms with van der Waals surface area (Å²) >= 11 is 5.99. The van der Waals surface area contributed by atoms with Crippen molar-refractivity contribution in [1.29, 1.82) is 0 Å². The van der Waals surface area contributed by atoms with Crippen LogP contribution in [0.4, 0.5) is 13.2 Å². The minimum Gasteiger partial charge on any atom is -0.324 e. The van der Waals surface area contributed by atoms with Crippen LogP contribution >= 0.6 is 11.6 Å². The van der Waals surface area contributed by atoms with Gasteiger partial charge in [0.15, 0.2) is 11.6 Å². The SMILES string of the molecule is O=C(c1cccc(C(F)(F)F)c1Cl)N1[C@@H]2CC[C@@H]1c1nnc(-c3cnccn3)n1C2. The summed E-state index contributed by atoms with van der Waals surface area (Å²) in [7, 11) is 0. The minimum atomic E-state index is -4.64. The van der Waals surface area contributed by atoms with Crippen LogP contribution in [0, 0.1) is 0 Å². The van der Waals surface area contributed by atoms with Crippen molar-refractivity contribution in [3.63, 3.8) is 0 Å². The Balaban J connectivity index is 1.52. The summed E-state index contributed by atoms with van der Waals surface area (Å²) in [6.45, 7) is 0.424. The standard InChI is InChI=1S/C19H14ClF3N6O/c20-15-11(2-1-3-12(15)19(21,22)23)18(30)29-10-4-5-14(29)17-27-26-16(28(17)9-10)13-8-24-6-7-25-13/h1-3,6-8,10,14H,4-5,9H2/t10-,14-/m1/s1. The second-order valence-electron chi connectivity index (χ2n) is 7.21. The monoisotopic (exact) mass is 434 g/mol. The van der Waals surface area contributed by atoms with Gasteiger partial charge in [0.1, 0.15) is 5.69 Å². The Hall–Kier alpha value is -3.01. The average Bonchev–Trinajstić information content (AvgIpc) is 3.28. The van der Waals surface area contributed by atoms with E-state index in [0.717, 1.165) is 6.07 Å². The van der Waals surface area contributed by atoms with E-state index in [0.29, 0.717) is 36.7 Å². The number of aromatic nitrogens is 5. The highest BCUT2D eigenvalue weighted by Gasteiger charge is 2.46. The first kappa shape index (κ1) is 19.0. The average molecular weight is 435 g/mol. The van der Waals surface area contributed by atoms with Crippen LogP contribution in [0.15, 0.2) is 36.8 Å². The molecule has 2 aliphatic rings. The molecule has 0 radical (unpaired) electrons. The molecule has 3 aromatic rings. The number of amides is 1. The number of rotatable bonds is 2. The zero-order chi connectivity index (χ0) is 21.0. The maximum atomic E-state index is 13.2. The molecule has 2 bridgehead atoms. The highest BCUT2D eigenvalue weighted by atomic mass is 35.5. The van der Waals surface area contributed by atoms with Gasteiger partial charge in [-0.2, -0.15) is 13.2 Å². The Kier molecular flexibility index (Phi) is 4.28. The van der Waals surface area contributed by atoms with Crippen molar-refractivity contribution < 1.29 is 18.0 Å². The summed E-state index contributed by atoms with van der Waals surface area (Å²) in [6, 6.07) is 2.80. The molecule has 7 nitrogen and oxygen atoms in total. The van der Waals surface area contributed by atoms with E-state index in [1.165, 1.54) is 12.1 Å². The molecule has 5 rings (SSSR count). The van der Waals surface area contributed by atoms with E-state index < -0.39 is 22.7 Å². The Morgan fingerprint density at radius 1 is 1.17 bits per heavy atom. The fourth-order valence-electron chi connectivity index (χ4n) is 4.23. The van der Waals surface area contributed by atoms with Gasteiger partial charge >= 0.3 is 6.18 Å². The molecule has 1 aromatic carbocycles. The van der Waals surface area contributed by atoms with E-state index >= 15 is 0 Å². The normalized spacial score (nSPS) is 20.3. The second-order valence-corrected chi connectivity index (χ2v) is 7.59. The van der Waals surface area contributed by atoms with E-state index in [1.54, 1.807) is 23.5 Å². The van der Waals surface area contributed by atoms with Gasteiger partial charge in [-0.3, -0.25) is 9.78 Å². The zero-order valence-corrected chi connectivity index (χ0v) is 16.1. The van der Waals surface area contributed by atoms with E-state index in [2.05, 4.69) is 20.2 Å². The van der Waals surface area contributed by atoms with Crippen molar-refractivity contribution in [2.24, 2.45) is 0 Å². The second kappa shape index (κ2) is 6.76. The van der Waals surface area contributed by atoms with Gasteiger partial charge in [-0.25, -0.2) is 4.98 Å². The Morgan fingerprint density at radius 3 is 2.73 bits per heavy atom. The fourth-order valence-corrected chi connectivity index (χ4v) is 4.55. The highest BCUT2D eigenvalue weighted by Crippen LogP contribution is 2.44. The lowest BCUT2D eigenvalue weighted by molar-refractivity contribution is -0.137. The van der Waals surface area contributed by atoms with Crippen LogP contribution in [0.1, 0.15) is 40.6 Å². The third-order valence-corrected chi connectivity index (χ3v) is 5.94. The zero-order valence-electron chi connectivity index (χ0n) is 15.3. The molecule has 0 spiro atoms. The first-order chi connectivity index (χ1) is 14.4. The van der Waals surface area contributed by atoms with Gasteiger partial charge in [0.25, 0.3) is 5.91 Å². The van der Waals surface area contributed by atoms with Crippen LogP contribution in [-0.4, -0.2) is 41.6 Å². The molecule has 1 saturated heterocycles. The summed E-state index contributed by atoms with van der Waals surface area (Å²) in [4.78, 5) is 23.1. The lowest BCUT2D eigenvalue weighted by atomic mass is 10.1. The van der Waals surface area contributed by atoms with Gasteiger partial charge < -0.3 is 9.47 Å². The number of nitrogens with zero attached hydrogens (tertiary/aromatic N) is 6. The number of hydrogen-bond acceptors (Lipinski definition) is 5. The van der Waals surface area contributed by atoms with Gasteiger partial charge in [-0.05, 0) is 25.0 Å². The molecule has 0 unspecified atom stereocenters. The summed E-state index contributed by atoms with van der Waals surface area (Å²) in [5, 5.41) is 7.89. The van der Waals surface area contributed by atoms with Crippen LogP contribution in [0.3, 0.4) is 0 Å². The Morgan fingerprint density at radius 2 is 2.00 bits per heavy atom. The van der Waals surface area contributed by atoms with Gasteiger partial charge in [0.05, 0.1) is 34.4 Å². The number of fused-ring (bicyclic) bond motifs is 4. The molecule has 30 heavy (non-hydrogen) atoms. The summed E-state index contributed by atoms with van der Waals surface area (Å²) in [6.07, 6.45) is 1.40. The molecular formula is C19H14ClF3N6O. The molecule has 1 amide bonds. The Labute approximate surface area is 173 Å². The predicted molar refractivity (Wildman–Crippen MR) is 99.4 cm³/mol. The lowest BCUT2D eigenvalue weighted by Crippen LogP contribution is -2.44. The number of hydrogen-bond donors (Lipinski definition) is 0. The largest absolute Gasteiger partial charge is 0.417 e. The number of carbonyl (C=O) groups excluding carboxylic acids is 1. The van der Waals surface area contributed by atoms with Gasteiger partial charge in [0, 0.05) is 18.9 Å². The van der Waals surface area contributed by atoms with E-state index in [9.17, 15) is 18.0 Å². The van der Waals surface area contributed by atoms with Crippen LogP contribution in [0.5, 0.6) is 0 Å². The van der Waals surface area contributed by atoms with Gasteiger partial charge in [0.2, 0.25) is 0 Å². The summed E-state index contributed by atoms with van der Waals surface area (Å²) in [5.74, 6) is 0.606. The van der Waals surface area contributed by atoms with Crippen molar-refractivity contribution in [3.8, 4) is 11.5 Å². The molecule has 154 valence electrons. The number of halogens is 4. The van der Waals surface area contributed by atoms with Crippen LogP contribution in [0.2, 0.25) is 5.02 Å². The molecule has 2 aromatic heterocycles. The highest BCUT2D eigenvalue weighted by molar-refractivity contribution is 6.34. The smallest absolute Gasteiger partial charge is 0.324 e. The predicted octanol–water partition coefficient (Wildman–Crippen LogP) is 3.77. The Bertz CT molecular complexity index is 1130. The molecule has 2 atom stereocenters. The van der Waals surface area contributed by atoms with Crippen LogP contribution in [0.25, 0.3) is 11.5 Å². The summed E-state index contributed by atoms with van der Waals surface area (Å²) in [5.41, 5.74) is -0.616. The third-order valence-electron chi connectivity index (χ3n) is 5.53. The van der Waals surface area contributed by atoms with Crippen molar-refractivity contribution in [3.05, 3.63) is 58.8 Å².